The lowest BCUT2D eigenvalue weighted by atomic mass is 10.3. The monoisotopic (exact) mass is 321 g/mol. The number of halogens is 1. The molecule has 0 aromatic heterocycles. The molecular weight excluding hydrogens is 305 g/mol. The van der Waals surface area contributed by atoms with Gasteiger partial charge in [-0.15, -0.1) is 0 Å². The number of hydrogen-bond acceptors (Lipinski definition) is 5. The van der Waals surface area contributed by atoms with Crippen molar-refractivity contribution in [1.29, 1.82) is 0 Å². The summed E-state index contributed by atoms with van der Waals surface area (Å²) in [6, 6.07) is 1.92. The van der Waals surface area contributed by atoms with Crippen LogP contribution in [-0.4, -0.2) is 40.3 Å². The summed E-state index contributed by atoms with van der Waals surface area (Å²) in [4.78, 5) is 9.75. The van der Waals surface area contributed by atoms with E-state index in [1.54, 1.807) is 0 Å². The first kappa shape index (κ1) is 17.2. The second-order valence-electron chi connectivity index (χ2n) is 4.03. The summed E-state index contributed by atoms with van der Waals surface area (Å²) in [5.74, 6) is -1.88. The van der Waals surface area contributed by atoms with Gasteiger partial charge in [-0.2, -0.15) is 0 Å². The van der Waals surface area contributed by atoms with Gasteiger partial charge in [0.15, 0.2) is 11.5 Å². The Morgan fingerprint density at radius 2 is 1.86 bits per heavy atom. The van der Waals surface area contributed by atoms with Gasteiger partial charge in [0.25, 0.3) is 0 Å². The van der Waals surface area contributed by atoms with Crippen molar-refractivity contribution in [1.82, 2.24) is 4.72 Å². The van der Waals surface area contributed by atoms with Gasteiger partial charge in [-0.05, 0) is 6.42 Å². The van der Waals surface area contributed by atoms with Crippen LogP contribution in [0.4, 0.5) is 4.39 Å². The molecule has 0 heterocycles. The quantitative estimate of drug-likeness (QED) is 0.692. The van der Waals surface area contributed by atoms with Gasteiger partial charge < -0.3 is 14.6 Å². The number of methoxy groups -OCH3 is 2. The van der Waals surface area contributed by atoms with Crippen LogP contribution < -0.4 is 14.2 Å². The average molecular weight is 321 g/mol. The molecule has 118 valence electrons. The summed E-state index contributed by atoms with van der Waals surface area (Å²) in [5, 5.41) is 8.46. The maximum Gasteiger partial charge on any atom is 0.303 e. The van der Waals surface area contributed by atoms with E-state index < -0.39 is 26.7 Å². The van der Waals surface area contributed by atoms with Crippen molar-refractivity contribution in [3.63, 3.8) is 0 Å². The molecule has 1 aromatic rings. The van der Waals surface area contributed by atoms with Crippen molar-refractivity contribution < 1.29 is 32.2 Å². The molecule has 0 unspecified atom stereocenters. The van der Waals surface area contributed by atoms with Gasteiger partial charge in [-0.3, -0.25) is 4.79 Å². The van der Waals surface area contributed by atoms with Gasteiger partial charge in [0, 0.05) is 25.1 Å². The van der Waals surface area contributed by atoms with Crippen LogP contribution in [0.3, 0.4) is 0 Å². The van der Waals surface area contributed by atoms with Crippen molar-refractivity contribution in [2.45, 2.75) is 17.7 Å². The predicted octanol–water partition coefficient (Wildman–Crippen LogP) is 0.986. The van der Waals surface area contributed by atoms with Crippen LogP contribution in [-0.2, 0) is 14.8 Å². The number of benzene rings is 1. The summed E-state index contributed by atoms with van der Waals surface area (Å²) < 4.78 is 49.7. The van der Waals surface area contributed by atoms with E-state index in [-0.39, 0.29) is 30.9 Å². The average Bonchev–Trinajstić information content (AvgIpc) is 2.42. The largest absolute Gasteiger partial charge is 0.493 e. The van der Waals surface area contributed by atoms with Crippen molar-refractivity contribution in [2.24, 2.45) is 0 Å². The zero-order chi connectivity index (χ0) is 16.0. The molecule has 0 saturated heterocycles. The van der Waals surface area contributed by atoms with E-state index in [1.165, 1.54) is 14.2 Å². The lowest BCUT2D eigenvalue weighted by Gasteiger charge is -2.12. The van der Waals surface area contributed by atoms with Crippen molar-refractivity contribution in [2.75, 3.05) is 20.8 Å². The predicted molar refractivity (Wildman–Crippen MR) is 71.6 cm³/mol. The number of hydrogen-bond donors (Lipinski definition) is 2. The van der Waals surface area contributed by atoms with E-state index >= 15 is 0 Å². The Hall–Kier alpha value is -1.87. The number of carboxylic acid groups (broad SMARTS) is 1. The second-order valence-corrected chi connectivity index (χ2v) is 5.77. The van der Waals surface area contributed by atoms with Gasteiger partial charge in [0.05, 0.1) is 14.2 Å². The highest BCUT2D eigenvalue weighted by atomic mass is 32.2. The van der Waals surface area contributed by atoms with Crippen molar-refractivity contribution in [3.8, 4) is 11.5 Å². The molecule has 0 radical (unpaired) electrons. The topological polar surface area (TPSA) is 102 Å². The van der Waals surface area contributed by atoms with E-state index in [2.05, 4.69) is 4.72 Å². The van der Waals surface area contributed by atoms with Crippen LogP contribution in [0, 0.1) is 5.82 Å². The zero-order valence-electron chi connectivity index (χ0n) is 11.6. The number of nitrogens with one attached hydrogen (secondary N) is 1. The van der Waals surface area contributed by atoms with E-state index in [9.17, 15) is 17.6 Å². The first-order valence-corrected chi connectivity index (χ1v) is 7.43. The standard InChI is InChI=1S/C12H16FNO6S/c1-19-9-6-8(13)11(7-10(9)20-2)21(17,18)14-5-3-4-12(15)16/h6-7,14H,3-5H2,1-2H3,(H,15,16). The molecule has 0 aliphatic carbocycles. The van der Waals surface area contributed by atoms with Gasteiger partial charge >= 0.3 is 5.97 Å². The number of ether oxygens (including phenoxy) is 2. The number of carbonyl (C=O) groups is 1. The second kappa shape index (κ2) is 7.23. The highest BCUT2D eigenvalue weighted by Crippen LogP contribution is 2.31. The molecule has 0 aliphatic heterocycles. The summed E-state index contributed by atoms with van der Waals surface area (Å²) in [7, 11) is -1.50. The molecule has 0 aliphatic rings. The lowest BCUT2D eigenvalue weighted by Crippen LogP contribution is -2.26. The molecular formula is C12H16FNO6S. The Morgan fingerprint density at radius 3 is 2.38 bits per heavy atom. The molecule has 0 fully saturated rings. The molecule has 0 atom stereocenters. The van der Waals surface area contributed by atoms with E-state index in [0.29, 0.717) is 0 Å². The minimum absolute atomic E-state index is 0.0693. The van der Waals surface area contributed by atoms with Crippen molar-refractivity contribution >= 4 is 16.0 Å². The molecule has 0 bridgehead atoms. The van der Waals surface area contributed by atoms with Gasteiger partial charge in [-0.1, -0.05) is 0 Å². The summed E-state index contributed by atoms with van der Waals surface area (Å²) >= 11 is 0. The van der Waals surface area contributed by atoms with Crippen LogP contribution in [0.1, 0.15) is 12.8 Å². The van der Waals surface area contributed by atoms with Crippen LogP contribution in [0.5, 0.6) is 11.5 Å². The molecule has 7 nitrogen and oxygen atoms in total. The molecule has 2 N–H and O–H groups in total. The van der Waals surface area contributed by atoms with Crippen molar-refractivity contribution in [3.05, 3.63) is 17.9 Å². The Balaban J connectivity index is 2.95. The molecule has 1 aromatic carbocycles. The minimum Gasteiger partial charge on any atom is -0.493 e. The van der Waals surface area contributed by atoms with Crippen LogP contribution in [0.15, 0.2) is 17.0 Å². The van der Waals surface area contributed by atoms with Gasteiger partial charge in [-0.25, -0.2) is 17.5 Å². The SMILES string of the molecule is COc1cc(F)c(S(=O)(=O)NCCCC(=O)O)cc1OC. The zero-order valence-corrected chi connectivity index (χ0v) is 12.4. The maximum atomic E-state index is 13.8. The number of carboxylic acids is 1. The molecule has 21 heavy (non-hydrogen) atoms. The fraction of sp³-hybridized carbons (Fsp3) is 0.417. The van der Waals surface area contributed by atoms with E-state index in [0.717, 1.165) is 12.1 Å². The first-order chi connectivity index (χ1) is 9.81. The fourth-order valence-corrected chi connectivity index (χ4v) is 2.71. The highest BCUT2D eigenvalue weighted by molar-refractivity contribution is 7.89. The van der Waals surface area contributed by atoms with E-state index in [1.807, 2.05) is 0 Å². The molecule has 1 rings (SSSR count). The Bertz CT molecular complexity index is 616. The lowest BCUT2D eigenvalue weighted by molar-refractivity contribution is -0.137. The molecule has 0 saturated carbocycles. The molecule has 0 spiro atoms. The third-order valence-electron chi connectivity index (χ3n) is 2.59. The van der Waals surface area contributed by atoms with Gasteiger partial charge in [0.2, 0.25) is 10.0 Å². The highest BCUT2D eigenvalue weighted by Gasteiger charge is 2.22. The van der Waals surface area contributed by atoms with E-state index in [4.69, 9.17) is 14.6 Å². The Kier molecular flexibility index (Phi) is 5.91. The smallest absolute Gasteiger partial charge is 0.303 e. The third-order valence-corrected chi connectivity index (χ3v) is 4.06. The molecule has 9 heteroatoms. The summed E-state index contributed by atoms with van der Waals surface area (Å²) in [6.45, 7) is -0.109. The Labute approximate surface area is 121 Å². The minimum atomic E-state index is -4.10. The normalized spacial score (nSPS) is 11.2. The van der Waals surface area contributed by atoms with Crippen LogP contribution >= 0.6 is 0 Å². The maximum absolute atomic E-state index is 13.8. The molecule has 0 amide bonds. The third kappa shape index (κ3) is 4.57. The van der Waals surface area contributed by atoms with Crippen LogP contribution in [0.25, 0.3) is 0 Å². The van der Waals surface area contributed by atoms with Crippen LogP contribution in [0.2, 0.25) is 0 Å². The first-order valence-electron chi connectivity index (χ1n) is 5.94. The van der Waals surface area contributed by atoms with Gasteiger partial charge in [0.1, 0.15) is 10.7 Å². The fourth-order valence-electron chi connectivity index (χ4n) is 1.57. The number of aliphatic carboxylic acids is 1. The summed E-state index contributed by atoms with van der Waals surface area (Å²) in [6.07, 6.45) is -0.0829. The summed E-state index contributed by atoms with van der Waals surface area (Å²) in [5.41, 5.74) is 0. The number of rotatable bonds is 8. The Morgan fingerprint density at radius 1 is 1.29 bits per heavy atom. The number of sulfonamides is 1.